The number of aliphatic hydroxyl groups is 1. The molecule has 0 radical (unpaired) electrons. The van der Waals surface area contributed by atoms with Crippen LogP contribution < -0.4 is 5.32 Å². The number of nitrogens with one attached hydrogen (secondary N) is 1. The summed E-state index contributed by atoms with van der Waals surface area (Å²) in [5, 5.41) is 12.4. The van der Waals surface area contributed by atoms with E-state index in [1.54, 1.807) is 14.0 Å². The highest BCUT2D eigenvalue weighted by atomic mass is 16.5. The van der Waals surface area contributed by atoms with Crippen molar-refractivity contribution >= 4 is 0 Å². The third kappa shape index (κ3) is 8.22. The summed E-state index contributed by atoms with van der Waals surface area (Å²) in [7, 11) is 1.71. The topological polar surface area (TPSA) is 41.5 Å². The van der Waals surface area contributed by atoms with E-state index in [-0.39, 0.29) is 6.10 Å². The maximum atomic E-state index is 9.09. The molecule has 0 rings (SSSR count). The quantitative estimate of drug-likeness (QED) is 0.602. The predicted octanol–water partition coefficient (Wildman–Crippen LogP) is 1.16. The summed E-state index contributed by atoms with van der Waals surface area (Å²) in [5.74, 6) is 0. The summed E-state index contributed by atoms with van der Waals surface area (Å²) < 4.78 is 5.09. The lowest BCUT2D eigenvalue weighted by Crippen LogP contribution is -2.37. The number of hydrogen-bond acceptors (Lipinski definition) is 3. The number of aliphatic hydroxyl groups excluding tert-OH is 1. The molecular formula is C10H23NO2. The van der Waals surface area contributed by atoms with E-state index in [0.29, 0.717) is 12.6 Å². The molecule has 0 fully saturated rings. The molecule has 2 N–H and O–H groups in total. The van der Waals surface area contributed by atoms with Crippen LogP contribution in [0.4, 0.5) is 0 Å². The number of unbranched alkanes of at least 4 members (excludes halogenated alkanes) is 1. The number of ether oxygens (including phenoxy) is 1. The first kappa shape index (κ1) is 12.9. The van der Waals surface area contributed by atoms with Gasteiger partial charge >= 0.3 is 0 Å². The first-order valence-electron chi connectivity index (χ1n) is 5.11. The average Bonchev–Trinajstić information content (AvgIpc) is 2.09. The Bertz CT molecular complexity index is 107. The van der Waals surface area contributed by atoms with Gasteiger partial charge in [0.15, 0.2) is 0 Å². The van der Waals surface area contributed by atoms with E-state index in [1.807, 2.05) is 0 Å². The molecule has 2 unspecified atom stereocenters. The Hall–Kier alpha value is -0.120. The van der Waals surface area contributed by atoms with Crippen LogP contribution in [-0.4, -0.2) is 37.5 Å². The van der Waals surface area contributed by atoms with Crippen LogP contribution in [0.2, 0.25) is 0 Å². The van der Waals surface area contributed by atoms with Crippen molar-refractivity contribution < 1.29 is 9.84 Å². The van der Waals surface area contributed by atoms with E-state index in [2.05, 4.69) is 12.2 Å². The summed E-state index contributed by atoms with van der Waals surface area (Å²) in [5.41, 5.74) is 0. The Morgan fingerprint density at radius 1 is 1.46 bits per heavy atom. The highest BCUT2D eigenvalue weighted by molar-refractivity contribution is 4.67. The number of methoxy groups -OCH3 is 1. The SMILES string of the molecule is CCCCC(COC)NCC(C)O. The number of rotatable bonds is 8. The van der Waals surface area contributed by atoms with E-state index >= 15 is 0 Å². The fraction of sp³-hybridized carbons (Fsp3) is 1.00. The van der Waals surface area contributed by atoms with Gasteiger partial charge in [0.25, 0.3) is 0 Å². The summed E-state index contributed by atoms with van der Waals surface area (Å²) in [6.07, 6.45) is 3.26. The van der Waals surface area contributed by atoms with E-state index in [0.717, 1.165) is 13.0 Å². The molecule has 0 saturated heterocycles. The molecule has 0 aliphatic rings. The van der Waals surface area contributed by atoms with Crippen LogP contribution in [0.3, 0.4) is 0 Å². The van der Waals surface area contributed by atoms with Gasteiger partial charge in [0.1, 0.15) is 0 Å². The van der Waals surface area contributed by atoms with Gasteiger partial charge in [0, 0.05) is 19.7 Å². The third-order valence-electron chi connectivity index (χ3n) is 1.98. The van der Waals surface area contributed by atoms with Crippen LogP contribution in [-0.2, 0) is 4.74 Å². The van der Waals surface area contributed by atoms with Gasteiger partial charge in [-0.2, -0.15) is 0 Å². The predicted molar refractivity (Wildman–Crippen MR) is 54.9 cm³/mol. The van der Waals surface area contributed by atoms with Gasteiger partial charge < -0.3 is 15.2 Å². The van der Waals surface area contributed by atoms with Gasteiger partial charge in [-0.1, -0.05) is 19.8 Å². The second-order valence-electron chi connectivity index (χ2n) is 3.55. The van der Waals surface area contributed by atoms with Crippen LogP contribution in [0.15, 0.2) is 0 Å². The minimum absolute atomic E-state index is 0.277. The van der Waals surface area contributed by atoms with E-state index in [9.17, 15) is 0 Å². The van der Waals surface area contributed by atoms with E-state index in [1.165, 1.54) is 12.8 Å². The zero-order valence-electron chi connectivity index (χ0n) is 9.05. The minimum Gasteiger partial charge on any atom is -0.392 e. The van der Waals surface area contributed by atoms with Crippen LogP contribution >= 0.6 is 0 Å². The Morgan fingerprint density at radius 3 is 2.62 bits per heavy atom. The van der Waals surface area contributed by atoms with Crippen LogP contribution in [0.1, 0.15) is 33.1 Å². The van der Waals surface area contributed by atoms with Crippen LogP contribution in [0.5, 0.6) is 0 Å². The fourth-order valence-corrected chi connectivity index (χ4v) is 1.23. The van der Waals surface area contributed by atoms with Crippen molar-refractivity contribution in [1.29, 1.82) is 0 Å². The maximum absolute atomic E-state index is 9.09. The minimum atomic E-state index is -0.277. The summed E-state index contributed by atoms with van der Waals surface area (Å²) in [4.78, 5) is 0. The van der Waals surface area contributed by atoms with Crippen molar-refractivity contribution in [2.75, 3.05) is 20.3 Å². The van der Waals surface area contributed by atoms with Crippen molar-refractivity contribution in [3.8, 4) is 0 Å². The molecule has 0 aliphatic carbocycles. The van der Waals surface area contributed by atoms with E-state index < -0.39 is 0 Å². The molecule has 3 nitrogen and oxygen atoms in total. The smallest absolute Gasteiger partial charge is 0.0636 e. The lowest BCUT2D eigenvalue weighted by atomic mass is 10.1. The maximum Gasteiger partial charge on any atom is 0.0636 e. The molecule has 0 aromatic rings. The fourth-order valence-electron chi connectivity index (χ4n) is 1.23. The Morgan fingerprint density at radius 2 is 2.15 bits per heavy atom. The van der Waals surface area contributed by atoms with Crippen molar-refractivity contribution in [3.05, 3.63) is 0 Å². The third-order valence-corrected chi connectivity index (χ3v) is 1.98. The zero-order valence-corrected chi connectivity index (χ0v) is 9.05. The lowest BCUT2D eigenvalue weighted by molar-refractivity contribution is 0.141. The van der Waals surface area contributed by atoms with Gasteiger partial charge in [-0.05, 0) is 13.3 Å². The van der Waals surface area contributed by atoms with Gasteiger partial charge in [-0.15, -0.1) is 0 Å². The summed E-state index contributed by atoms with van der Waals surface area (Å²) in [6.45, 7) is 5.35. The molecule has 0 saturated carbocycles. The molecule has 80 valence electrons. The Balaban J connectivity index is 3.53. The van der Waals surface area contributed by atoms with Crippen LogP contribution in [0.25, 0.3) is 0 Å². The molecule has 0 amide bonds. The molecule has 3 heteroatoms. The molecular weight excluding hydrogens is 166 g/mol. The summed E-state index contributed by atoms with van der Waals surface area (Å²) >= 11 is 0. The highest BCUT2D eigenvalue weighted by Gasteiger charge is 2.07. The van der Waals surface area contributed by atoms with Crippen molar-refractivity contribution in [3.63, 3.8) is 0 Å². The second-order valence-corrected chi connectivity index (χ2v) is 3.55. The molecule has 0 spiro atoms. The first-order valence-corrected chi connectivity index (χ1v) is 5.11. The number of hydrogen-bond donors (Lipinski definition) is 2. The van der Waals surface area contributed by atoms with Crippen LogP contribution in [0, 0.1) is 0 Å². The summed E-state index contributed by atoms with van der Waals surface area (Å²) in [6, 6.07) is 0.388. The first-order chi connectivity index (χ1) is 6.20. The van der Waals surface area contributed by atoms with Gasteiger partial charge in [-0.25, -0.2) is 0 Å². The van der Waals surface area contributed by atoms with Crippen molar-refractivity contribution in [2.24, 2.45) is 0 Å². The average molecular weight is 189 g/mol. The molecule has 0 aromatic carbocycles. The normalized spacial score (nSPS) is 15.7. The second kappa shape index (κ2) is 8.48. The standard InChI is InChI=1S/C10H23NO2/c1-4-5-6-10(8-13-3)11-7-9(2)12/h9-12H,4-8H2,1-3H3. The zero-order chi connectivity index (χ0) is 10.1. The highest BCUT2D eigenvalue weighted by Crippen LogP contribution is 2.00. The van der Waals surface area contributed by atoms with E-state index in [4.69, 9.17) is 9.84 Å². The van der Waals surface area contributed by atoms with Gasteiger partial charge in [0.05, 0.1) is 12.7 Å². The lowest BCUT2D eigenvalue weighted by Gasteiger charge is -2.18. The van der Waals surface area contributed by atoms with Crippen molar-refractivity contribution in [2.45, 2.75) is 45.3 Å². The largest absolute Gasteiger partial charge is 0.392 e. The molecule has 0 aliphatic heterocycles. The Kier molecular flexibility index (Phi) is 8.40. The van der Waals surface area contributed by atoms with Gasteiger partial charge in [0.2, 0.25) is 0 Å². The molecule has 0 bridgehead atoms. The molecule has 0 heterocycles. The van der Waals surface area contributed by atoms with Crippen molar-refractivity contribution in [1.82, 2.24) is 5.32 Å². The molecule has 13 heavy (non-hydrogen) atoms. The Labute approximate surface area is 81.5 Å². The monoisotopic (exact) mass is 189 g/mol. The molecule has 2 atom stereocenters. The molecule has 0 aromatic heterocycles. The van der Waals surface area contributed by atoms with Gasteiger partial charge in [-0.3, -0.25) is 0 Å².